The first-order chi connectivity index (χ1) is 7.85. The Balaban J connectivity index is 3.43. The van der Waals surface area contributed by atoms with E-state index in [0.29, 0.717) is 6.10 Å². The lowest BCUT2D eigenvalue weighted by atomic mass is 10.0. The fourth-order valence-corrected chi connectivity index (χ4v) is 2.14. The van der Waals surface area contributed by atoms with E-state index in [4.69, 9.17) is 4.74 Å². The standard InChI is InChI=1S/C15H32O/c1-4-7-9-10-12-14-15(16-6-3)13-11-8-5-2/h15H,4-14H2,1-3H3. The Labute approximate surface area is 103 Å². The van der Waals surface area contributed by atoms with E-state index >= 15 is 0 Å². The third-order valence-corrected chi connectivity index (χ3v) is 3.16. The average molecular weight is 228 g/mol. The molecule has 0 aromatic rings. The minimum atomic E-state index is 0.540. The van der Waals surface area contributed by atoms with Crippen LogP contribution in [0.15, 0.2) is 0 Å². The fraction of sp³-hybridized carbons (Fsp3) is 1.00. The van der Waals surface area contributed by atoms with Crippen LogP contribution in [0, 0.1) is 0 Å². The Morgan fingerprint density at radius 3 is 1.75 bits per heavy atom. The summed E-state index contributed by atoms with van der Waals surface area (Å²) in [6.07, 6.45) is 14.0. The van der Waals surface area contributed by atoms with Crippen molar-refractivity contribution in [2.75, 3.05) is 6.61 Å². The predicted molar refractivity (Wildman–Crippen MR) is 72.9 cm³/mol. The lowest BCUT2D eigenvalue weighted by Gasteiger charge is -2.16. The molecule has 0 heterocycles. The van der Waals surface area contributed by atoms with E-state index in [1.807, 2.05) is 0 Å². The van der Waals surface area contributed by atoms with Gasteiger partial charge in [0.1, 0.15) is 0 Å². The van der Waals surface area contributed by atoms with Gasteiger partial charge in [-0.15, -0.1) is 0 Å². The van der Waals surface area contributed by atoms with Gasteiger partial charge < -0.3 is 4.74 Å². The van der Waals surface area contributed by atoms with Gasteiger partial charge in [0.25, 0.3) is 0 Å². The van der Waals surface area contributed by atoms with Crippen molar-refractivity contribution in [2.24, 2.45) is 0 Å². The molecule has 0 aliphatic heterocycles. The molecule has 0 saturated carbocycles. The van der Waals surface area contributed by atoms with Crippen LogP contribution in [-0.4, -0.2) is 12.7 Å². The zero-order valence-corrected chi connectivity index (χ0v) is 11.8. The molecule has 0 aromatic carbocycles. The third-order valence-electron chi connectivity index (χ3n) is 3.16. The quantitative estimate of drug-likeness (QED) is 0.410. The Morgan fingerprint density at radius 2 is 1.19 bits per heavy atom. The summed E-state index contributed by atoms with van der Waals surface area (Å²) >= 11 is 0. The maximum atomic E-state index is 5.80. The van der Waals surface area contributed by atoms with Crippen LogP contribution < -0.4 is 0 Å². The maximum absolute atomic E-state index is 5.80. The van der Waals surface area contributed by atoms with Gasteiger partial charge in [-0.1, -0.05) is 65.2 Å². The zero-order valence-electron chi connectivity index (χ0n) is 11.8. The highest BCUT2D eigenvalue weighted by atomic mass is 16.5. The highest BCUT2D eigenvalue weighted by Gasteiger charge is 2.07. The highest BCUT2D eigenvalue weighted by Crippen LogP contribution is 2.15. The molecule has 1 unspecified atom stereocenters. The van der Waals surface area contributed by atoms with Crippen molar-refractivity contribution in [2.45, 2.75) is 91.1 Å². The molecule has 1 atom stereocenters. The summed E-state index contributed by atoms with van der Waals surface area (Å²) in [4.78, 5) is 0. The summed E-state index contributed by atoms with van der Waals surface area (Å²) in [6, 6.07) is 0. The van der Waals surface area contributed by atoms with Gasteiger partial charge in [0.05, 0.1) is 6.10 Å². The van der Waals surface area contributed by atoms with Gasteiger partial charge in [-0.3, -0.25) is 0 Å². The van der Waals surface area contributed by atoms with Crippen molar-refractivity contribution in [3.8, 4) is 0 Å². The van der Waals surface area contributed by atoms with Gasteiger partial charge in [0.15, 0.2) is 0 Å². The second-order valence-corrected chi connectivity index (χ2v) is 4.78. The normalized spacial score (nSPS) is 12.9. The number of hydrogen-bond donors (Lipinski definition) is 0. The second-order valence-electron chi connectivity index (χ2n) is 4.78. The van der Waals surface area contributed by atoms with E-state index in [0.717, 1.165) is 6.61 Å². The SMILES string of the molecule is CCCCCCCC(CCCCC)OCC. The first-order valence-corrected chi connectivity index (χ1v) is 7.46. The predicted octanol–water partition coefficient (Wildman–Crippen LogP) is 5.33. The first kappa shape index (κ1) is 16.0. The monoisotopic (exact) mass is 228 g/mol. The molecule has 0 radical (unpaired) electrons. The molecule has 0 fully saturated rings. The third kappa shape index (κ3) is 10.5. The highest BCUT2D eigenvalue weighted by molar-refractivity contribution is 4.59. The minimum Gasteiger partial charge on any atom is -0.379 e. The molecule has 1 nitrogen and oxygen atoms in total. The smallest absolute Gasteiger partial charge is 0.0575 e. The van der Waals surface area contributed by atoms with Crippen LogP contribution in [0.3, 0.4) is 0 Å². The van der Waals surface area contributed by atoms with Crippen LogP contribution in [0.2, 0.25) is 0 Å². The minimum absolute atomic E-state index is 0.540. The number of ether oxygens (including phenoxy) is 1. The van der Waals surface area contributed by atoms with Crippen LogP contribution in [-0.2, 0) is 4.74 Å². The average Bonchev–Trinajstić information content (AvgIpc) is 2.29. The molecule has 0 bridgehead atoms. The number of hydrogen-bond acceptors (Lipinski definition) is 1. The van der Waals surface area contributed by atoms with E-state index in [9.17, 15) is 0 Å². The lowest BCUT2D eigenvalue weighted by Crippen LogP contribution is -2.12. The first-order valence-electron chi connectivity index (χ1n) is 7.46. The molecule has 98 valence electrons. The van der Waals surface area contributed by atoms with Crippen molar-refractivity contribution in [1.82, 2.24) is 0 Å². The molecule has 0 rings (SSSR count). The van der Waals surface area contributed by atoms with Crippen molar-refractivity contribution in [1.29, 1.82) is 0 Å². The van der Waals surface area contributed by atoms with Gasteiger partial charge in [-0.2, -0.15) is 0 Å². The summed E-state index contributed by atoms with van der Waals surface area (Å²) in [5.41, 5.74) is 0. The van der Waals surface area contributed by atoms with Gasteiger partial charge in [0.2, 0.25) is 0 Å². The summed E-state index contributed by atoms with van der Waals surface area (Å²) in [5, 5.41) is 0. The second kappa shape index (κ2) is 13.0. The van der Waals surface area contributed by atoms with E-state index in [2.05, 4.69) is 20.8 Å². The van der Waals surface area contributed by atoms with E-state index < -0.39 is 0 Å². The summed E-state index contributed by atoms with van der Waals surface area (Å²) in [7, 11) is 0. The van der Waals surface area contributed by atoms with E-state index in [1.54, 1.807) is 0 Å². The molecule has 0 aliphatic rings. The van der Waals surface area contributed by atoms with Crippen molar-refractivity contribution >= 4 is 0 Å². The van der Waals surface area contributed by atoms with E-state index in [1.165, 1.54) is 64.2 Å². The molecular weight excluding hydrogens is 196 g/mol. The van der Waals surface area contributed by atoms with Gasteiger partial charge in [0, 0.05) is 6.61 Å². The molecular formula is C15H32O. The Kier molecular flexibility index (Phi) is 13.0. The summed E-state index contributed by atoms with van der Waals surface area (Å²) in [5.74, 6) is 0. The van der Waals surface area contributed by atoms with Crippen LogP contribution in [0.25, 0.3) is 0 Å². The largest absolute Gasteiger partial charge is 0.379 e. The molecule has 0 aromatic heterocycles. The maximum Gasteiger partial charge on any atom is 0.0575 e. The molecule has 1 heteroatoms. The molecule has 16 heavy (non-hydrogen) atoms. The summed E-state index contributed by atoms with van der Waals surface area (Å²) < 4.78 is 5.80. The van der Waals surface area contributed by atoms with E-state index in [-0.39, 0.29) is 0 Å². The van der Waals surface area contributed by atoms with Crippen LogP contribution in [0.1, 0.15) is 85.0 Å². The topological polar surface area (TPSA) is 9.23 Å². The van der Waals surface area contributed by atoms with Crippen LogP contribution in [0.5, 0.6) is 0 Å². The number of unbranched alkanes of at least 4 members (excludes halogenated alkanes) is 6. The summed E-state index contributed by atoms with van der Waals surface area (Å²) in [6.45, 7) is 7.53. The number of rotatable bonds is 12. The van der Waals surface area contributed by atoms with Crippen molar-refractivity contribution < 1.29 is 4.74 Å². The molecule has 0 saturated heterocycles. The molecule has 0 spiro atoms. The molecule has 0 aliphatic carbocycles. The van der Waals surface area contributed by atoms with Crippen LogP contribution in [0.4, 0.5) is 0 Å². The van der Waals surface area contributed by atoms with Gasteiger partial charge in [-0.25, -0.2) is 0 Å². The lowest BCUT2D eigenvalue weighted by molar-refractivity contribution is 0.0471. The zero-order chi connectivity index (χ0) is 12.1. The van der Waals surface area contributed by atoms with Gasteiger partial charge >= 0.3 is 0 Å². The fourth-order valence-electron chi connectivity index (χ4n) is 2.14. The molecule has 0 N–H and O–H groups in total. The van der Waals surface area contributed by atoms with Gasteiger partial charge in [-0.05, 0) is 19.8 Å². The van der Waals surface area contributed by atoms with Crippen LogP contribution >= 0.6 is 0 Å². The Hall–Kier alpha value is -0.0400. The van der Waals surface area contributed by atoms with Crippen molar-refractivity contribution in [3.63, 3.8) is 0 Å². The van der Waals surface area contributed by atoms with Crippen molar-refractivity contribution in [3.05, 3.63) is 0 Å². The Morgan fingerprint density at radius 1 is 0.688 bits per heavy atom. The molecule has 0 amide bonds. The Bertz CT molecular complexity index is 123.